The van der Waals surface area contributed by atoms with Gasteiger partial charge >= 0.3 is 0 Å². The van der Waals surface area contributed by atoms with Crippen LogP contribution in [0.1, 0.15) is 29.4 Å². The van der Waals surface area contributed by atoms with Crippen molar-refractivity contribution < 1.29 is 4.74 Å². The SMILES string of the molecule is CCNC(=NCc1ccc(OC)cc1)NCc1c(C)nn(C)c1C.I. The van der Waals surface area contributed by atoms with Gasteiger partial charge in [0, 0.05) is 31.4 Å². The summed E-state index contributed by atoms with van der Waals surface area (Å²) in [6.07, 6.45) is 0. The number of guanidine groups is 1. The van der Waals surface area contributed by atoms with Crippen LogP contribution in [0.15, 0.2) is 29.3 Å². The van der Waals surface area contributed by atoms with E-state index < -0.39 is 0 Å². The Labute approximate surface area is 167 Å². The molecule has 1 aromatic heterocycles. The van der Waals surface area contributed by atoms with Crippen molar-refractivity contribution in [3.05, 3.63) is 46.8 Å². The number of methoxy groups -OCH3 is 1. The van der Waals surface area contributed by atoms with Gasteiger partial charge in [0.1, 0.15) is 5.75 Å². The second-order valence-corrected chi connectivity index (χ2v) is 5.67. The number of halogens is 1. The number of aromatic nitrogens is 2. The van der Waals surface area contributed by atoms with Gasteiger partial charge in [-0.25, -0.2) is 4.99 Å². The second kappa shape index (κ2) is 10.3. The summed E-state index contributed by atoms with van der Waals surface area (Å²) < 4.78 is 7.09. The smallest absolute Gasteiger partial charge is 0.191 e. The van der Waals surface area contributed by atoms with Crippen molar-refractivity contribution in [1.29, 1.82) is 0 Å². The summed E-state index contributed by atoms with van der Waals surface area (Å²) >= 11 is 0. The molecule has 0 aliphatic heterocycles. The van der Waals surface area contributed by atoms with Crippen LogP contribution in [0.25, 0.3) is 0 Å². The zero-order valence-corrected chi connectivity index (χ0v) is 17.9. The molecule has 1 heterocycles. The molecular formula is C18H28IN5O. The highest BCUT2D eigenvalue weighted by Gasteiger charge is 2.09. The lowest BCUT2D eigenvalue weighted by atomic mass is 10.2. The molecular weight excluding hydrogens is 429 g/mol. The maximum atomic E-state index is 5.18. The summed E-state index contributed by atoms with van der Waals surface area (Å²) in [4.78, 5) is 4.65. The first kappa shape index (κ1) is 21.3. The number of nitrogens with zero attached hydrogens (tertiary/aromatic N) is 3. The predicted octanol–water partition coefficient (Wildman–Crippen LogP) is 2.92. The van der Waals surface area contributed by atoms with Crippen molar-refractivity contribution in [2.24, 2.45) is 12.0 Å². The highest BCUT2D eigenvalue weighted by molar-refractivity contribution is 14.0. The summed E-state index contributed by atoms with van der Waals surface area (Å²) in [5.74, 6) is 1.66. The number of hydrogen-bond donors (Lipinski definition) is 2. The van der Waals surface area contributed by atoms with Crippen LogP contribution in [0.5, 0.6) is 5.75 Å². The summed E-state index contributed by atoms with van der Waals surface area (Å²) in [7, 11) is 3.64. The molecule has 0 bridgehead atoms. The molecule has 0 amide bonds. The predicted molar refractivity (Wildman–Crippen MR) is 113 cm³/mol. The van der Waals surface area contributed by atoms with Crippen molar-refractivity contribution in [3.8, 4) is 5.75 Å². The Balaban J connectivity index is 0.00000312. The fraction of sp³-hybridized carbons (Fsp3) is 0.444. The summed E-state index contributed by atoms with van der Waals surface area (Å²) in [5.41, 5.74) is 4.58. The highest BCUT2D eigenvalue weighted by Crippen LogP contribution is 2.12. The number of rotatable bonds is 6. The second-order valence-electron chi connectivity index (χ2n) is 5.67. The lowest BCUT2D eigenvalue weighted by molar-refractivity contribution is 0.414. The molecule has 0 aliphatic rings. The van der Waals surface area contributed by atoms with Crippen molar-refractivity contribution in [3.63, 3.8) is 0 Å². The zero-order chi connectivity index (χ0) is 17.5. The molecule has 2 aromatic rings. The number of hydrogen-bond acceptors (Lipinski definition) is 3. The van der Waals surface area contributed by atoms with E-state index in [9.17, 15) is 0 Å². The molecule has 2 N–H and O–H groups in total. The molecule has 6 nitrogen and oxygen atoms in total. The average molecular weight is 457 g/mol. The molecule has 0 unspecified atom stereocenters. The number of benzene rings is 1. The minimum absolute atomic E-state index is 0. The van der Waals surface area contributed by atoms with Crippen molar-refractivity contribution in [2.45, 2.75) is 33.9 Å². The number of nitrogens with one attached hydrogen (secondary N) is 2. The molecule has 0 aliphatic carbocycles. The lowest BCUT2D eigenvalue weighted by Gasteiger charge is -2.12. The van der Waals surface area contributed by atoms with Crippen molar-refractivity contribution in [2.75, 3.05) is 13.7 Å². The van der Waals surface area contributed by atoms with E-state index in [-0.39, 0.29) is 24.0 Å². The van der Waals surface area contributed by atoms with Gasteiger partial charge in [-0.15, -0.1) is 24.0 Å². The lowest BCUT2D eigenvalue weighted by Crippen LogP contribution is -2.37. The van der Waals surface area contributed by atoms with Crippen LogP contribution in [0.4, 0.5) is 0 Å². The number of aryl methyl sites for hydroxylation is 2. The minimum atomic E-state index is 0. The Kier molecular flexibility index (Phi) is 8.74. The van der Waals surface area contributed by atoms with E-state index in [1.54, 1.807) is 7.11 Å². The molecule has 0 fully saturated rings. The highest BCUT2D eigenvalue weighted by atomic mass is 127. The first-order chi connectivity index (χ1) is 11.5. The maximum absolute atomic E-state index is 5.18. The van der Waals surface area contributed by atoms with Gasteiger partial charge in [-0.1, -0.05) is 12.1 Å². The fourth-order valence-electron chi connectivity index (χ4n) is 2.49. The minimum Gasteiger partial charge on any atom is -0.497 e. The average Bonchev–Trinajstić information content (AvgIpc) is 2.83. The van der Waals surface area contributed by atoms with E-state index in [0.717, 1.165) is 29.5 Å². The van der Waals surface area contributed by atoms with Crippen LogP contribution in [0.2, 0.25) is 0 Å². The summed E-state index contributed by atoms with van der Waals surface area (Å²) in [6, 6.07) is 7.96. The van der Waals surface area contributed by atoms with Crippen LogP contribution < -0.4 is 15.4 Å². The molecule has 0 saturated carbocycles. The van der Waals surface area contributed by atoms with E-state index in [0.29, 0.717) is 13.1 Å². The summed E-state index contributed by atoms with van der Waals surface area (Å²) in [5, 5.41) is 11.1. The van der Waals surface area contributed by atoms with Gasteiger partial charge < -0.3 is 15.4 Å². The van der Waals surface area contributed by atoms with Crippen LogP contribution in [0, 0.1) is 13.8 Å². The Hall–Kier alpha value is -1.77. The van der Waals surface area contributed by atoms with E-state index in [1.807, 2.05) is 42.9 Å². The monoisotopic (exact) mass is 457 g/mol. The van der Waals surface area contributed by atoms with Gasteiger partial charge in [-0.2, -0.15) is 5.10 Å². The quantitative estimate of drug-likeness (QED) is 0.398. The van der Waals surface area contributed by atoms with Crippen LogP contribution in [-0.4, -0.2) is 29.4 Å². The normalized spacial score (nSPS) is 11.0. The van der Waals surface area contributed by atoms with E-state index in [1.165, 1.54) is 11.3 Å². The number of ether oxygens (including phenoxy) is 1. The van der Waals surface area contributed by atoms with E-state index in [2.05, 4.69) is 34.6 Å². The molecule has 0 spiro atoms. The first-order valence-electron chi connectivity index (χ1n) is 8.19. The molecule has 2 rings (SSSR count). The van der Waals surface area contributed by atoms with Gasteiger partial charge in [-0.05, 0) is 38.5 Å². The topological polar surface area (TPSA) is 63.5 Å². The molecule has 7 heteroatoms. The van der Waals surface area contributed by atoms with E-state index in [4.69, 9.17) is 4.74 Å². The van der Waals surface area contributed by atoms with Crippen LogP contribution in [-0.2, 0) is 20.1 Å². The molecule has 25 heavy (non-hydrogen) atoms. The van der Waals surface area contributed by atoms with Crippen LogP contribution in [0.3, 0.4) is 0 Å². The third-order valence-electron chi connectivity index (χ3n) is 4.01. The van der Waals surface area contributed by atoms with Gasteiger partial charge in [0.15, 0.2) is 5.96 Å². The Morgan fingerprint density at radius 1 is 1.20 bits per heavy atom. The van der Waals surface area contributed by atoms with Crippen molar-refractivity contribution >= 4 is 29.9 Å². The molecule has 138 valence electrons. The van der Waals surface area contributed by atoms with Gasteiger partial charge in [0.25, 0.3) is 0 Å². The molecule has 0 saturated heterocycles. The first-order valence-corrected chi connectivity index (χ1v) is 8.19. The van der Waals surface area contributed by atoms with E-state index >= 15 is 0 Å². The third kappa shape index (κ3) is 5.91. The zero-order valence-electron chi connectivity index (χ0n) is 15.6. The standard InChI is InChI=1S/C18H27N5O.HI/c1-6-19-18(20-11-15-7-9-16(24-5)10-8-15)21-12-17-13(2)22-23(4)14(17)3;/h7-10H,6,11-12H2,1-5H3,(H2,19,20,21);1H. The van der Waals surface area contributed by atoms with Gasteiger partial charge in [0.05, 0.1) is 19.3 Å². The molecule has 0 atom stereocenters. The summed E-state index contributed by atoms with van der Waals surface area (Å²) in [6.45, 7) is 8.32. The maximum Gasteiger partial charge on any atom is 0.191 e. The molecule has 0 radical (unpaired) electrons. The third-order valence-corrected chi connectivity index (χ3v) is 4.01. The van der Waals surface area contributed by atoms with Gasteiger partial charge in [0.2, 0.25) is 0 Å². The Morgan fingerprint density at radius 3 is 2.40 bits per heavy atom. The number of aliphatic imine (C=N–C) groups is 1. The Bertz CT molecular complexity index is 694. The fourth-order valence-corrected chi connectivity index (χ4v) is 2.49. The van der Waals surface area contributed by atoms with Crippen molar-refractivity contribution in [1.82, 2.24) is 20.4 Å². The molecule has 1 aromatic carbocycles. The van der Waals surface area contributed by atoms with Crippen LogP contribution >= 0.6 is 24.0 Å². The Morgan fingerprint density at radius 2 is 1.88 bits per heavy atom. The van der Waals surface area contributed by atoms with Gasteiger partial charge in [-0.3, -0.25) is 4.68 Å². The largest absolute Gasteiger partial charge is 0.497 e.